The summed E-state index contributed by atoms with van der Waals surface area (Å²) in [4.78, 5) is 9.43. The fourth-order valence-corrected chi connectivity index (χ4v) is 5.37. The molecule has 0 radical (unpaired) electrons. The van der Waals surface area contributed by atoms with E-state index >= 15 is 0 Å². The van der Waals surface area contributed by atoms with Gasteiger partial charge in [0.25, 0.3) is 0 Å². The van der Waals surface area contributed by atoms with Crippen molar-refractivity contribution < 1.29 is 11.4 Å². The van der Waals surface area contributed by atoms with E-state index in [0.29, 0.717) is 17.2 Å². The fourth-order valence-electron chi connectivity index (χ4n) is 4.05. The number of hydrogen-bond acceptors (Lipinski definition) is 5. The van der Waals surface area contributed by atoms with Crippen molar-refractivity contribution in [2.24, 2.45) is 0 Å². The molecule has 36 heavy (non-hydrogen) atoms. The largest absolute Gasteiger partial charge is 1.20 e. The molecule has 0 fully saturated rings. The number of fused-ring (bicyclic) bond motifs is 2. The highest BCUT2D eigenvalue weighted by atomic mass is 27.3. The summed E-state index contributed by atoms with van der Waals surface area (Å²) in [6.07, 6.45) is 0. The highest BCUT2D eigenvalue weighted by molar-refractivity contribution is 6.40. The summed E-state index contributed by atoms with van der Waals surface area (Å²) < 4.78 is 19.3. The van der Waals surface area contributed by atoms with E-state index in [1.165, 1.54) is 5.56 Å². The first-order valence-corrected chi connectivity index (χ1v) is 13.5. The lowest BCUT2D eigenvalue weighted by atomic mass is 9.87. The average Bonchev–Trinajstić information content (AvgIpc) is 2.84. The van der Waals surface area contributed by atoms with Crippen LogP contribution in [0.3, 0.4) is 0 Å². The highest BCUT2D eigenvalue weighted by Crippen LogP contribution is 2.29. The molecule has 0 aliphatic rings. The van der Waals surface area contributed by atoms with Gasteiger partial charge in [0.15, 0.2) is 0 Å². The second-order valence-corrected chi connectivity index (χ2v) is 11.3. The second-order valence-electron chi connectivity index (χ2n) is 9.98. The minimum atomic E-state index is -2.80. The van der Waals surface area contributed by atoms with Crippen molar-refractivity contribution in [3.05, 3.63) is 102 Å². The lowest BCUT2D eigenvalue weighted by Gasteiger charge is -2.21. The number of rotatable bonds is 6. The molecule has 0 aliphatic carbocycles. The van der Waals surface area contributed by atoms with Crippen molar-refractivity contribution in [2.45, 2.75) is 40.0 Å². The Labute approximate surface area is 217 Å². The van der Waals surface area contributed by atoms with E-state index in [2.05, 4.69) is 32.9 Å². The molecule has 0 N–H and O–H groups in total. The van der Waals surface area contributed by atoms with E-state index in [1.54, 1.807) is 0 Å². The van der Waals surface area contributed by atoms with Crippen LogP contribution in [0.1, 0.15) is 37.7 Å². The molecule has 0 unspecified atom stereocenters. The summed E-state index contributed by atoms with van der Waals surface area (Å²) in [5.41, 5.74) is 4.71. The Bertz CT molecular complexity index is 1440. The molecule has 0 aliphatic heterocycles. The number of nitrogens with zero attached hydrogens (tertiary/aromatic N) is 2. The number of pyridine rings is 2. The van der Waals surface area contributed by atoms with Crippen LogP contribution >= 0.6 is 0 Å². The smallest absolute Gasteiger partial charge is 0.577 e. The maximum absolute atomic E-state index is 6.47. The second kappa shape index (κ2) is 9.81. The molecule has 5 nitrogen and oxygen atoms in total. The standard InChI is InChI=1S/2C10H9NO.C10H14O.Al/c2*1-7-5-6-8-3-2-4-9(12)10(8)11-7;1-10(2,3)8-4-6-9(11)7-5-8;/h2*2-6,12H,1H3;4-7,11H,1-3H3;/q;;;+3/p-3. The minimum Gasteiger partial charge on any atom is -0.577 e. The third kappa shape index (κ3) is 5.31. The van der Waals surface area contributed by atoms with Crippen LogP contribution in [-0.4, -0.2) is 25.1 Å². The van der Waals surface area contributed by atoms with Gasteiger partial charge in [0, 0.05) is 22.2 Å². The number of hydrogen-bond donors (Lipinski definition) is 0. The van der Waals surface area contributed by atoms with Gasteiger partial charge >= 0.3 is 15.1 Å². The Morgan fingerprint density at radius 2 is 1.08 bits per heavy atom. The van der Waals surface area contributed by atoms with Crippen LogP contribution in [0, 0.1) is 13.8 Å². The van der Waals surface area contributed by atoms with Gasteiger partial charge in [-0.3, -0.25) is 0 Å². The normalized spacial score (nSPS) is 11.5. The van der Waals surface area contributed by atoms with E-state index in [-0.39, 0.29) is 5.41 Å². The Kier molecular flexibility index (Phi) is 6.58. The third-order valence-corrected chi connectivity index (χ3v) is 7.40. The summed E-state index contributed by atoms with van der Waals surface area (Å²) in [7, 11) is 0. The van der Waals surface area contributed by atoms with Crippen molar-refractivity contribution in [3.63, 3.8) is 0 Å². The summed E-state index contributed by atoms with van der Waals surface area (Å²) >= 11 is -2.80. The van der Waals surface area contributed by atoms with E-state index in [9.17, 15) is 0 Å². The average molecular weight is 493 g/mol. The Morgan fingerprint density at radius 1 is 0.583 bits per heavy atom. The first-order chi connectivity index (χ1) is 17.3. The zero-order chi connectivity index (χ0) is 25.3. The summed E-state index contributed by atoms with van der Waals surface area (Å²) in [6, 6.07) is 28.0. The van der Waals surface area contributed by atoms with Crippen LogP contribution in [0.5, 0.6) is 17.2 Å². The lowest BCUT2D eigenvalue weighted by Crippen LogP contribution is -2.37. The van der Waals surface area contributed by atoms with Crippen molar-refractivity contribution in [2.75, 3.05) is 0 Å². The van der Waals surface area contributed by atoms with Gasteiger partial charge in [0.1, 0.15) is 22.5 Å². The molecule has 3 aromatic carbocycles. The van der Waals surface area contributed by atoms with Crippen LogP contribution in [-0.2, 0) is 5.41 Å². The van der Waals surface area contributed by atoms with Crippen LogP contribution in [0.2, 0.25) is 0 Å². The van der Waals surface area contributed by atoms with Crippen LogP contribution in [0.25, 0.3) is 21.8 Å². The van der Waals surface area contributed by atoms with Gasteiger partial charge in [-0.1, -0.05) is 69.3 Å². The fraction of sp³-hybridized carbons (Fsp3) is 0.200. The number of para-hydroxylation sites is 2. The van der Waals surface area contributed by atoms with Crippen molar-refractivity contribution in [1.82, 2.24) is 9.97 Å². The summed E-state index contributed by atoms with van der Waals surface area (Å²) in [5, 5.41) is 2.01. The predicted octanol–water partition coefficient (Wildman–Crippen LogP) is 7.22. The Hall–Kier alpha value is -3.59. The van der Waals surface area contributed by atoms with E-state index in [4.69, 9.17) is 21.3 Å². The monoisotopic (exact) mass is 492 g/mol. The number of aromatic nitrogens is 2. The number of aryl methyl sites for hydroxylation is 2. The Morgan fingerprint density at radius 3 is 1.56 bits per heavy atom. The van der Waals surface area contributed by atoms with E-state index in [0.717, 1.165) is 33.2 Å². The van der Waals surface area contributed by atoms with E-state index in [1.807, 2.05) is 86.6 Å². The first kappa shape index (κ1) is 24.1. The Balaban J connectivity index is 1.52. The molecule has 0 saturated heterocycles. The minimum absolute atomic E-state index is 0.0569. The molecule has 0 bridgehead atoms. The topological polar surface area (TPSA) is 53.5 Å². The van der Waals surface area contributed by atoms with Gasteiger partial charge in [0.2, 0.25) is 0 Å². The maximum Gasteiger partial charge on any atom is 1.20 e. The molecule has 5 aromatic rings. The zero-order valence-corrected chi connectivity index (χ0v) is 22.4. The summed E-state index contributed by atoms with van der Waals surface area (Å²) in [6.45, 7) is 10.5. The van der Waals surface area contributed by atoms with Crippen molar-refractivity contribution >= 4 is 37.0 Å². The molecule has 180 valence electrons. The van der Waals surface area contributed by atoms with Crippen molar-refractivity contribution in [1.29, 1.82) is 0 Å². The van der Waals surface area contributed by atoms with Gasteiger partial charge in [-0.2, -0.15) is 0 Å². The lowest BCUT2D eigenvalue weighted by molar-refractivity contribution is 0.309. The SMILES string of the molecule is Cc1ccc2cccc([O][Al]([O]c3ccc(C(C)(C)C)cc3)[O]c3cccc4ccc(C)nc34)c2n1. The third-order valence-electron chi connectivity index (χ3n) is 6.04. The van der Waals surface area contributed by atoms with Crippen LogP contribution in [0.15, 0.2) is 84.9 Å². The zero-order valence-electron chi connectivity index (χ0n) is 21.3. The molecule has 5 rings (SSSR count). The van der Waals surface area contributed by atoms with Gasteiger partial charge in [-0.25, -0.2) is 9.97 Å². The molecule has 2 aromatic heterocycles. The molecular formula is C30H29AlN2O3. The maximum atomic E-state index is 6.47. The molecule has 2 heterocycles. The molecule has 6 heteroatoms. The predicted molar refractivity (Wildman–Crippen MR) is 146 cm³/mol. The van der Waals surface area contributed by atoms with Crippen LogP contribution in [0.4, 0.5) is 0 Å². The van der Waals surface area contributed by atoms with Gasteiger partial charge in [0.05, 0.1) is 5.75 Å². The molecular weight excluding hydrogens is 463 g/mol. The van der Waals surface area contributed by atoms with Crippen LogP contribution < -0.4 is 11.4 Å². The highest BCUT2D eigenvalue weighted by Gasteiger charge is 2.45. The molecule has 0 spiro atoms. The van der Waals surface area contributed by atoms with Crippen molar-refractivity contribution in [3.8, 4) is 17.2 Å². The molecule has 0 saturated carbocycles. The molecule has 0 atom stereocenters. The van der Waals surface area contributed by atoms with Gasteiger partial charge in [-0.05, 0) is 61.2 Å². The van der Waals surface area contributed by atoms with E-state index < -0.39 is 15.1 Å². The summed E-state index contributed by atoms with van der Waals surface area (Å²) in [5.74, 6) is 1.99. The van der Waals surface area contributed by atoms with Gasteiger partial charge < -0.3 is 11.4 Å². The molecule has 0 amide bonds. The quantitative estimate of drug-likeness (QED) is 0.234. The first-order valence-electron chi connectivity index (χ1n) is 12.1. The number of benzene rings is 3. The van der Waals surface area contributed by atoms with Gasteiger partial charge in [-0.15, -0.1) is 0 Å².